The van der Waals surface area contributed by atoms with Crippen molar-refractivity contribution < 1.29 is 56.8 Å². The largest absolute Gasteiger partial charge is 0.385 e. The molecule has 1 aromatic carbocycles. The number of rotatable bonds is 33. The molecule has 0 spiro atoms. The lowest BCUT2D eigenvalue weighted by Crippen LogP contribution is -2.06. The summed E-state index contributed by atoms with van der Waals surface area (Å²) in [6.07, 6.45) is 8.49. The van der Waals surface area contributed by atoms with Crippen molar-refractivity contribution in [3.05, 3.63) is 35.9 Å². The summed E-state index contributed by atoms with van der Waals surface area (Å²) < 4.78 is 60.1. The van der Waals surface area contributed by atoms with E-state index in [4.69, 9.17) is 56.8 Å². The molecule has 0 saturated carbocycles. The first kappa shape index (κ1) is 57.5. The van der Waals surface area contributed by atoms with Crippen molar-refractivity contribution in [1.82, 2.24) is 0 Å². The third kappa shape index (κ3) is 66.9. The maximum atomic E-state index is 5.51. The lowest BCUT2D eigenvalue weighted by molar-refractivity contribution is 0.0441. The first-order valence-electron chi connectivity index (χ1n) is 18.9. The Balaban J connectivity index is -0.000000281. The zero-order chi connectivity index (χ0) is 39.3. The molecule has 0 N–H and O–H groups in total. The van der Waals surface area contributed by atoms with Crippen LogP contribution in [-0.2, 0) is 63.4 Å². The van der Waals surface area contributed by atoms with Gasteiger partial charge in [0, 0.05) is 129 Å². The second-order valence-corrected chi connectivity index (χ2v) is 10.9. The molecule has 1 aromatic rings. The molecular weight excluding hydrogens is 672 g/mol. The molecule has 0 unspecified atom stereocenters. The Morgan fingerprint density at radius 2 is 0.615 bits per heavy atom. The van der Waals surface area contributed by atoms with Crippen LogP contribution in [0.2, 0.25) is 0 Å². The monoisotopic (exact) mass is 755 g/mol. The predicted octanol–water partition coefficient (Wildman–Crippen LogP) is 6.90. The fourth-order valence-electron chi connectivity index (χ4n) is 3.52. The summed E-state index contributed by atoms with van der Waals surface area (Å²) in [5.41, 5.74) is 1.24. The Labute approximate surface area is 319 Å². The number of unbranched alkanes of at least 4 members (excludes halogenated alkanes) is 3. The van der Waals surface area contributed by atoms with Gasteiger partial charge in [0.2, 0.25) is 0 Å². The highest BCUT2D eigenvalue weighted by atomic mass is 16.5. The van der Waals surface area contributed by atoms with Crippen molar-refractivity contribution in [3.63, 3.8) is 0 Å². The van der Waals surface area contributed by atoms with Crippen molar-refractivity contribution >= 4 is 0 Å². The molecule has 0 radical (unpaired) electrons. The molecule has 0 fully saturated rings. The molecule has 0 aliphatic heterocycles. The highest BCUT2D eigenvalue weighted by molar-refractivity contribution is 5.13. The first-order chi connectivity index (χ1) is 25.6. The van der Waals surface area contributed by atoms with Gasteiger partial charge in [-0.3, -0.25) is 0 Å². The van der Waals surface area contributed by atoms with Crippen LogP contribution in [0, 0.1) is 0 Å². The van der Waals surface area contributed by atoms with E-state index < -0.39 is 0 Å². The fraction of sp³-hybridized carbons (Fsp3) is 0.850. The van der Waals surface area contributed by atoms with Crippen LogP contribution in [-0.4, -0.2) is 155 Å². The summed E-state index contributed by atoms with van der Waals surface area (Å²) in [6.45, 7) is 17.2. The molecule has 0 aromatic heterocycles. The van der Waals surface area contributed by atoms with E-state index in [1.807, 2.05) is 32.0 Å². The van der Waals surface area contributed by atoms with E-state index in [1.54, 1.807) is 49.8 Å². The van der Waals surface area contributed by atoms with Gasteiger partial charge in [-0.25, -0.2) is 0 Å². The summed E-state index contributed by atoms with van der Waals surface area (Å²) in [7, 11) is 11.9. The molecule has 0 saturated heterocycles. The molecule has 0 aliphatic carbocycles. The van der Waals surface area contributed by atoms with Crippen LogP contribution in [0.5, 0.6) is 0 Å². The second kappa shape index (κ2) is 61.8. The van der Waals surface area contributed by atoms with Crippen LogP contribution in [0.25, 0.3) is 0 Å². The minimum Gasteiger partial charge on any atom is -0.385 e. The molecular formula is C40H82O12. The molecule has 0 atom stereocenters. The van der Waals surface area contributed by atoms with E-state index in [2.05, 4.69) is 12.1 Å². The van der Waals surface area contributed by atoms with Crippen LogP contribution in [0.15, 0.2) is 30.3 Å². The second-order valence-electron chi connectivity index (χ2n) is 10.9. The summed E-state index contributed by atoms with van der Waals surface area (Å²) in [5, 5.41) is 0. The van der Waals surface area contributed by atoms with Gasteiger partial charge in [0.05, 0.1) is 33.0 Å². The summed E-state index contributed by atoms with van der Waals surface area (Å²) in [5.74, 6) is 0. The van der Waals surface area contributed by atoms with Crippen LogP contribution in [0.4, 0.5) is 0 Å². The molecule has 0 amide bonds. The quantitative estimate of drug-likeness (QED) is 0.0697. The number of hydrogen-bond donors (Lipinski definition) is 0. The minimum absolute atomic E-state index is 0.674. The number of methoxy groups -OCH3 is 7. The van der Waals surface area contributed by atoms with E-state index >= 15 is 0 Å². The summed E-state index contributed by atoms with van der Waals surface area (Å²) >= 11 is 0. The molecule has 1 rings (SSSR count). The van der Waals surface area contributed by atoms with Crippen LogP contribution < -0.4 is 0 Å². The van der Waals surface area contributed by atoms with Crippen molar-refractivity contribution in [2.45, 2.75) is 71.8 Å². The van der Waals surface area contributed by atoms with Crippen LogP contribution in [0.3, 0.4) is 0 Å². The van der Waals surface area contributed by atoms with Gasteiger partial charge in [-0.15, -0.1) is 0 Å². The van der Waals surface area contributed by atoms with E-state index in [0.29, 0.717) is 33.0 Å². The zero-order valence-corrected chi connectivity index (χ0v) is 35.0. The maximum Gasteiger partial charge on any atom is 0.0716 e. The third-order valence-corrected chi connectivity index (χ3v) is 6.32. The van der Waals surface area contributed by atoms with E-state index in [9.17, 15) is 0 Å². The summed E-state index contributed by atoms with van der Waals surface area (Å²) in [6, 6.07) is 10.2. The first-order valence-corrected chi connectivity index (χ1v) is 18.9. The van der Waals surface area contributed by atoms with Gasteiger partial charge in [0.25, 0.3) is 0 Å². The van der Waals surface area contributed by atoms with Gasteiger partial charge in [0.1, 0.15) is 0 Å². The van der Waals surface area contributed by atoms with Crippen molar-refractivity contribution in [2.24, 2.45) is 0 Å². The number of ether oxygens (including phenoxy) is 12. The minimum atomic E-state index is 0.674. The molecule has 52 heavy (non-hydrogen) atoms. The topological polar surface area (TPSA) is 111 Å². The van der Waals surface area contributed by atoms with Crippen LogP contribution in [0.1, 0.15) is 70.8 Å². The Morgan fingerprint density at radius 1 is 0.308 bits per heavy atom. The molecule has 314 valence electrons. The van der Waals surface area contributed by atoms with Gasteiger partial charge < -0.3 is 56.8 Å². The predicted molar refractivity (Wildman–Crippen MR) is 211 cm³/mol. The molecule has 0 bridgehead atoms. The third-order valence-electron chi connectivity index (χ3n) is 6.32. The normalized spacial score (nSPS) is 10.2. The maximum absolute atomic E-state index is 5.51. The molecule has 12 nitrogen and oxygen atoms in total. The number of benzene rings is 1. The molecule has 0 heterocycles. The highest BCUT2D eigenvalue weighted by Crippen LogP contribution is 2.01. The highest BCUT2D eigenvalue weighted by Gasteiger charge is 1.92. The van der Waals surface area contributed by atoms with E-state index in [0.717, 1.165) is 131 Å². The average Bonchev–Trinajstić information content (AvgIpc) is 3.17. The Hall–Kier alpha value is -1.26. The fourth-order valence-corrected chi connectivity index (χ4v) is 3.52. The van der Waals surface area contributed by atoms with Crippen LogP contribution >= 0.6 is 0 Å². The Kier molecular flexibility index (Phi) is 68.2. The van der Waals surface area contributed by atoms with Crippen molar-refractivity contribution in [2.75, 3.05) is 155 Å². The average molecular weight is 755 g/mol. The van der Waals surface area contributed by atoms with Crippen molar-refractivity contribution in [3.8, 4) is 0 Å². The lowest BCUT2D eigenvalue weighted by Gasteiger charge is -2.03. The van der Waals surface area contributed by atoms with E-state index in [-0.39, 0.29) is 0 Å². The van der Waals surface area contributed by atoms with Gasteiger partial charge in [0.15, 0.2) is 0 Å². The summed E-state index contributed by atoms with van der Waals surface area (Å²) in [4.78, 5) is 0. The molecule has 12 heteroatoms. The smallest absolute Gasteiger partial charge is 0.0716 e. The van der Waals surface area contributed by atoms with Gasteiger partial charge >= 0.3 is 0 Å². The standard InChI is InChI=1S/C12H18O2.C8H18O3.C7H16O3.C7H16O2.C6H14O2/c1-13-9-5-6-10-14-11-12-7-3-2-4-8-12;1-3-10-7-8-11-6-4-5-9-2;1-8-4-3-5-10-7-6-9-2;1-3-9-7-5-4-6-8-2;1-7-5-3-4-6-8-2/h2-4,7-8H,5-6,9-11H2,1H3;3-8H2,1-2H3;3-7H2,1-2H3;3-7H2,1-2H3;3-6H2,1-2H3. The van der Waals surface area contributed by atoms with Crippen molar-refractivity contribution in [1.29, 1.82) is 0 Å². The Morgan fingerprint density at radius 3 is 1.02 bits per heavy atom. The lowest BCUT2D eigenvalue weighted by atomic mass is 10.2. The van der Waals surface area contributed by atoms with E-state index in [1.165, 1.54) is 5.56 Å². The van der Waals surface area contributed by atoms with Gasteiger partial charge in [-0.05, 0) is 70.8 Å². The van der Waals surface area contributed by atoms with Gasteiger partial charge in [-0.1, -0.05) is 30.3 Å². The zero-order valence-electron chi connectivity index (χ0n) is 35.0. The SMILES string of the molecule is CCOCCCCOC.CCOCCOCCCOC.COCCCCOC.COCCCCOCc1ccccc1.COCCCOCCOC. The number of hydrogen-bond acceptors (Lipinski definition) is 12. The Bertz CT molecular complexity index is 631. The van der Waals surface area contributed by atoms with Gasteiger partial charge in [-0.2, -0.15) is 0 Å². The molecule has 0 aliphatic rings.